The van der Waals surface area contributed by atoms with Crippen LogP contribution in [0, 0.1) is 5.92 Å². The molecule has 0 N–H and O–H groups in total. The maximum Gasteiger partial charge on any atom is 0.214 e. The van der Waals surface area contributed by atoms with Gasteiger partial charge in [-0.3, -0.25) is 4.68 Å². The summed E-state index contributed by atoms with van der Waals surface area (Å²) in [6.45, 7) is 0.846. The largest absolute Gasteiger partial charge is 0.379 e. The van der Waals surface area contributed by atoms with E-state index in [0.29, 0.717) is 19.0 Å². The third-order valence-electron chi connectivity index (χ3n) is 4.07. The summed E-state index contributed by atoms with van der Waals surface area (Å²) >= 11 is 0. The molecule has 112 valence electrons. The van der Waals surface area contributed by atoms with Gasteiger partial charge in [0.1, 0.15) is 0 Å². The van der Waals surface area contributed by atoms with Gasteiger partial charge in [0.25, 0.3) is 0 Å². The number of hydrogen-bond donors (Lipinski definition) is 0. The van der Waals surface area contributed by atoms with Crippen molar-refractivity contribution in [1.82, 2.24) is 19.3 Å². The van der Waals surface area contributed by atoms with Gasteiger partial charge < -0.3 is 4.74 Å². The van der Waals surface area contributed by atoms with Crippen LogP contribution in [0.15, 0.2) is 6.20 Å². The standard InChI is InChI=1S/C12H20N4O3S/c1-15-6-11(13-14-15)10-5-16(7-12(10)19-2)20(17,18)8-9-3-4-9/h6,9-10,12H,3-5,7-8H2,1-2H3/t10-,12+/m0/s1. The lowest BCUT2D eigenvalue weighted by molar-refractivity contribution is 0.101. The van der Waals surface area contributed by atoms with Crippen molar-refractivity contribution >= 4 is 10.0 Å². The van der Waals surface area contributed by atoms with E-state index in [1.54, 1.807) is 23.1 Å². The smallest absolute Gasteiger partial charge is 0.214 e. The molecule has 0 radical (unpaired) electrons. The van der Waals surface area contributed by atoms with Gasteiger partial charge >= 0.3 is 0 Å². The molecule has 2 fully saturated rings. The van der Waals surface area contributed by atoms with E-state index in [4.69, 9.17) is 4.74 Å². The van der Waals surface area contributed by atoms with Gasteiger partial charge in [-0.25, -0.2) is 8.42 Å². The minimum Gasteiger partial charge on any atom is -0.379 e. The third kappa shape index (κ3) is 2.72. The number of hydrogen-bond acceptors (Lipinski definition) is 5. The Hall–Kier alpha value is -0.990. The fourth-order valence-corrected chi connectivity index (χ4v) is 4.61. The first kappa shape index (κ1) is 14.0. The van der Waals surface area contributed by atoms with E-state index in [2.05, 4.69) is 10.3 Å². The van der Waals surface area contributed by atoms with Gasteiger partial charge in [0, 0.05) is 39.4 Å². The number of sulfonamides is 1. The van der Waals surface area contributed by atoms with Gasteiger partial charge in [-0.2, -0.15) is 4.31 Å². The molecule has 2 atom stereocenters. The molecule has 7 nitrogen and oxygen atoms in total. The van der Waals surface area contributed by atoms with Gasteiger partial charge in [-0.05, 0) is 18.8 Å². The monoisotopic (exact) mass is 300 g/mol. The lowest BCUT2D eigenvalue weighted by atomic mass is 10.0. The Balaban J connectivity index is 1.76. The number of aryl methyl sites for hydroxylation is 1. The van der Waals surface area contributed by atoms with Crippen LogP contribution in [0.3, 0.4) is 0 Å². The van der Waals surface area contributed by atoms with Crippen LogP contribution in [0.5, 0.6) is 0 Å². The van der Waals surface area contributed by atoms with Crippen LogP contribution in [0.1, 0.15) is 24.5 Å². The molecule has 20 heavy (non-hydrogen) atoms. The normalized spacial score (nSPS) is 28.1. The average molecular weight is 300 g/mol. The zero-order valence-electron chi connectivity index (χ0n) is 11.8. The molecular weight excluding hydrogens is 280 g/mol. The summed E-state index contributed by atoms with van der Waals surface area (Å²) in [7, 11) is 0.241. The van der Waals surface area contributed by atoms with Gasteiger partial charge in [-0.1, -0.05) is 5.21 Å². The summed E-state index contributed by atoms with van der Waals surface area (Å²) in [6, 6.07) is 0. The molecule has 0 unspecified atom stereocenters. The molecule has 0 aromatic carbocycles. The molecular formula is C12H20N4O3S. The van der Waals surface area contributed by atoms with Crippen molar-refractivity contribution < 1.29 is 13.2 Å². The lowest BCUT2D eigenvalue weighted by Crippen LogP contribution is -2.32. The highest BCUT2D eigenvalue weighted by Gasteiger charge is 2.42. The maximum absolute atomic E-state index is 12.4. The highest BCUT2D eigenvalue weighted by atomic mass is 32.2. The summed E-state index contributed by atoms with van der Waals surface area (Å²) in [5.41, 5.74) is 0.795. The molecule has 8 heteroatoms. The summed E-state index contributed by atoms with van der Waals surface area (Å²) < 4.78 is 33.3. The van der Waals surface area contributed by atoms with Crippen molar-refractivity contribution in [3.63, 3.8) is 0 Å². The predicted octanol–water partition coefficient (Wildman–Crippen LogP) is -0.0309. The first-order valence-corrected chi connectivity index (χ1v) is 8.47. The van der Waals surface area contributed by atoms with Crippen LogP contribution >= 0.6 is 0 Å². The van der Waals surface area contributed by atoms with E-state index in [1.165, 1.54) is 0 Å². The van der Waals surface area contributed by atoms with E-state index in [1.807, 2.05) is 6.20 Å². The van der Waals surface area contributed by atoms with Crippen LogP contribution in [0.4, 0.5) is 0 Å². The van der Waals surface area contributed by atoms with E-state index in [-0.39, 0.29) is 17.8 Å². The summed E-state index contributed by atoms with van der Waals surface area (Å²) in [4.78, 5) is 0. The van der Waals surface area contributed by atoms with Crippen molar-refractivity contribution in [3.8, 4) is 0 Å². The Labute approximate surface area is 118 Å². The summed E-state index contributed by atoms with van der Waals surface area (Å²) in [5, 5.41) is 8.02. The molecule has 0 spiro atoms. The molecule has 1 saturated heterocycles. The van der Waals surface area contributed by atoms with Crippen LogP contribution in [0.25, 0.3) is 0 Å². The molecule has 1 aromatic heterocycles. The predicted molar refractivity (Wildman–Crippen MR) is 72.6 cm³/mol. The first-order valence-electron chi connectivity index (χ1n) is 6.86. The van der Waals surface area contributed by atoms with Crippen molar-refractivity contribution in [1.29, 1.82) is 0 Å². The topological polar surface area (TPSA) is 77.3 Å². The van der Waals surface area contributed by atoms with E-state index in [0.717, 1.165) is 18.5 Å². The molecule has 0 amide bonds. The third-order valence-corrected chi connectivity index (χ3v) is 6.05. The van der Waals surface area contributed by atoms with Crippen molar-refractivity contribution in [2.75, 3.05) is 26.0 Å². The summed E-state index contributed by atoms with van der Waals surface area (Å²) in [5.74, 6) is 0.593. The van der Waals surface area contributed by atoms with Gasteiger partial charge in [0.2, 0.25) is 10.0 Å². The van der Waals surface area contributed by atoms with Crippen molar-refractivity contribution in [2.45, 2.75) is 24.9 Å². The molecule has 1 saturated carbocycles. The molecule has 3 rings (SSSR count). The lowest BCUT2D eigenvalue weighted by Gasteiger charge is -2.15. The Kier molecular flexibility index (Phi) is 3.55. The molecule has 0 bridgehead atoms. The number of methoxy groups -OCH3 is 1. The molecule has 2 aliphatic rings. The fraction of sp³-hybridized carbons (Fsp3) is 0.833. The van der Waals surface area contributed by atoms with Gasteiger partial charge in [0.15, 0.2) is 0 Å². The highest BCUT2D eigenvalue weighted by molar-refractivity contribution is 7.89. The van der Waals surface area contributed by atoms with Crippen LogP contribution in [-0.2, 0) is 21.8 Å². The second kappa shape index (κ2) is 5.09. The number of nitrogens with zero attached hydrogens (tertiary/aromatic N) is 4. The summed E-state index contributed by atoms with van der Waals surface area (Å²) in [6.07, 6.45) is 3.75. The minimum atomic E-state index is -3.18. The molecule has 1 aromatic rings. The Bertz CT molecular complexity index is 581. The first-order chi connectivity index (χ1) is 9.49. The Morgan fingerprint density at radius 1 is 1.40 bits per heavy atom. The zero-order valence-corrected chi connectivity index (χ0v) is 12.6. The van der Waals surface area contributed by atoms with Crippen LogP contribution in [-0.4, -0.2) is 59.8 Å². The Morgan fingerprint density at radius 3 is 2.70 bits per heavy atom. The number of ether oxygens (including phenoxy) is 1. The maximum atomic E-state index is 12.4. The van der Waals surface area contributed by atoms with E-state index in [9.17, 15) is 8.42 Å². The van der Waals surface area contributed by atoms with Crippen molar-refractivity contribution in [3.05, 3.63) is 11.9 Å². The fourth-order valence-electron chi connectivity index (χ4n) is 2.71. The quantitative estimate of drug-likeness (QED) is 0.763. The zero-order chi connectivity index (χ0) is 14.3. The molecule has 1 aliphatic heterocycles. The number of rotatable bonds is 5. The minimum absolute atomic E-state index is 0.0392. The van der Waals surface area contributed by atoms with Gasteiger partial charge in [-0.15, -0.1) is 5.10 Å². The van der Waals surface area contributed by atoms with E-state index < -0.39 is 10.0 Å². The molecule has 1 aliphatic carbocycles. The molecule has 2 heterocycles. The Morgan fingerprint density at radius 2 is 2.15 bits per heavy atom. The average Bonchev–Trinajstić information content (AvgIpc) is 2.92. The van der Waals surface area contributed by atoms with Crippen LogP contribution in [0.2, 0.25) is 0 Å². The van der Waals surface area contributed by atoms with Crippen LogP contribution < -0.4 is 0 Å². The van der Waals surface area contributed by atoms with Crippen molar-refractivity contribution in [2.24, 2.45) is 13.0 Å². The second-order valence-electron chi connectivity index (χ2n) is 5.74. The second-order valence-corrected chi connectivity index (χ2v) is 7.75. The van der Waals surface area contributed by atoms with Gasteiger partial charge in [0.05, 0.1) is 17.6 Å². The SMILES string of the molecule is CO[C@@H]1CN(S(=O)(=O)CC2CC2)C[C@H]1c1cn(C)nn1. The number of aromatic nitrogens is 3. The van der Waals surface area contributed by atoms with E-state index >= 15 is 0 Å². The highest BCUT2D eigenvalue weighted by Crippen LogP contribution is 2.34.